The van der Waals surface area contributed by atoms with Gasteiger partial charge in [-0.25, -0.2) is 4.79 Å². The fourth-order valence-corrected chi connectivity index (χ4v) is 3.50. The summed E-state index contributed by atoms with van der Waals surface area (Å²) >= 11 is 0. The maximum Gasteiger partial charge on any atom is 0.419 e. The van der Waals surface area contributed by atoms with Gasteiger partial charge in [0, 0.05) is 6.54 Å². The standard InChI is InChI=1S/C20H23N3O5/c1-14(18(25)22-20(13-21)10-5-2-6-11-20)27-17(24)9-12-23-15-7-3-4-8-16(15)28-19(23)26/h3-4,7-8,14H,2,5-6,9-12H2,1H3,(H,22,25)/t14-/m1/s1. The number of carbonyl (C=O) groups excluding carboxylic acids is 2. The number of aryl methyl sites for hydroxylation is 1. The highest BCUT2D eigenvalue weighted by Crippen LogP contribution is 2.27. The predicted octanol–water partition coefficient (Wildman–Crippen LogP) is 2.26. The molecule has 1 fully saturated rings. The van der Waals surface area contributed by atoms with E-state index in [-0.39, 0.29) is 13.0 Å². The normalized spacial score (nSPS) is 16.9. The molecule has 8 heteroatoms. The van der Waals surface area contributed by atoms with Crippen molar-refractivity contribution in [3.8, 4) is 6.07 Å². The number of oxazole rings is 1. The fourth-order valence-electron chi connectivity index (χ4n) is 3.50. The Morgan fingerprint density at radius 2 is 2.04 bits per heavy atom. The lowest BCUT2D eigenvalue weighted by Crippen LogP contribution is -2.52. The highest BCUT2D eigenvalue weighted by atomic mass is 16.5. The number of benzene rings is 1. The molecule has 3 rings (SSSR count). The third kappa shape index (κ3) is 4.25. The maximum atomic E-state index is 12.4. The summed E-state index contributed by atoms with van der Waals surface area (Å²) in [6.45, 7) is 1.56. The first-order valence-electron chi connectivity index (χ1n) is 9.45. The van der Waals surface area contributed by atoms with Gasteiger partial charge in [0.05, 0.1) is 18.0 Å². The molecule has 0 spiro atoms. The second-order valence-electron chi connectivity index (χ2n) is 7.11. The molecule has 8 nitrogen and oxygen atoms in total. The van der Waals surface area contributed by atoms with Crippen LogP contribution in [-0.2, 0) is 20.9 Å². The third-order valence-electron chi connectivity index (χ3n) is 5.07. The van der Waals surface area contributed by atoms with Crippen molar-refractivity contribution >= 4 is 23.0 Å². The van der Waals surface area contributed by atoms with E-state index in [1.807, 2.05) is 0 Å². The van der Waals surface area contributed by atoms with Gasteiger partial charge >= 0.3 is 11.7 Å². The van der Waals surface area contributed by atoms with E-state index in [0.717, 1.165) is 19.3 Å². The molecule has 2 aromatic rings. The van der Waals surface area contributed by atoms with Crippen LogP contribution >= 0.6 is 0 Å². The first-order valence-corrected chi connectivity index (χ1v) is 9.45. The van der Waals surface area contributed by atoms with Crippen LogP contribution in [0.1, 0.15) is 45.4 Å². The van der Waals surface area contributed by atoms with E-state index in [1.54, 1.807) is 24.3 Å². The topological polar surface area (TPSA) is 114 Å². The summed E-state index contributed by atoms with van der Waals surface area (Å²) in [6, 6.07) is 9.13. The van der Waals surface area contributed by atoms with Crippen molar-refractivity contribution in [1.82, 2.24) is 9.88 Å². The quantitative estimate of drug-likeness (QED) is 0.763. The van der Waals surface area contributed by atoms with Gasteiger partial charge in [-0.3, -0.25) is 14.2 Å². The van der Waals surface area contributed by atoms with Gasteiger partial charge in [0.15, 0.2) is 11.7 Å². The zero-order valence-electron chi connectivity index (χ0n) is 15.8. The summed E-state index contributed by atoms with van der Waals surface area (Å²) in [4.78, 5) is 36.4. The monoisotopic (exact) mass is 385 g/mol. The summed E-state index contributed by atoms with van der Waals surface area (Å²) < 4.78 is 11.7. The van der Waals surface area contributed by atoms with Crippen LogP contribution in [0.2, 0.25) is 0 Å². The number of para-hydroxylation sites is 2. The predicted molar refractivity (Wildman–Crippen MR) is 100 cm³/mol. The average molecular weight is 385 g/mol. The van der Waals surface area contributed by atoms with Crippen LogP contribution in [0.5, 0.6) is 0 Å². The lowest BCUT2D eigenvalue weighted by atomic mass is 9.83. The number of nitriles is 1. The van der Waals surface area contributed by atoms with Crippen LogP contribution in [0, 0.1) is 11.3 Å². The number of nitrogens with one attached hydrogen (secondary N) is 1. The molecule has 1 aliphatic rings. The lowest BCUT2D eigenvalue weighted by molar-refractivity contribution is -0.155. The third-order valence-corrected chi connectivity index (χ3v) is 5.07. The highest BCUT2D eigenvalue weighted by Gasteiger charge is 2.35. The van der Waals surface area contributed by atoms with E-state index in [1.165, 1.54) is 11.5 Å². The SMILES string of the molecule is C[C@@H](OC(=O)CCn1c(=O)oc2ccccc21)C(=O)NC1(C#N)CCCCC1. The van der Waals surface area contributed by atoms with Gasteiger partial charge in [-0.2, -0.15) is 5.26 Å². The molecule has 1 saturated carbocycles. The second kappa shape index (κ2) is 8.30. The Morgan fingerprint density at radius 1 is 1.32 bits per heavy atom. The van der Waals surface area contributed by atoms with Crippen LogP contribution in [0.4, 0.5) is 0 Å². The molecule has 0 radical (unpaired) electrons. The van der Waals surface area contributed by atoms with Crippen molar-refractivity contribution in [2.75, 3.05) is 0 Å². The van der Waals surface area contributed by atoms with E-state index >= 15 is 0 Å². The largest absolute Gasteiger partial charge is 0.452 e. The molecular weight excluding hydrogens is 362 g/mol. The molecule has 0 unspecified atom stereocenters. The number of hydrogen-bond acceptors (Lipinski definition) is 6. The molecule has 28 heavy (non-hydrogen) atoms. The van der Waals surface area contributed by atoms with E-state index in [4.69, 9.17) is 9.15 Å². The van der Waals surface area contributed by atoms with E-state index in [9.17, 15) is 19.6 Å². The van der Waals surface area contributed by atoms with Crippen LogP contribution in [0.3, 0.4) is 0 Å². The van der Waals surface area contributed by atoms with E-state index in [0.29, 0.717) is 23.9 Å². The molecule has 1 aliphatic carbocycles. The Labute approximate surface area is 162 Å². The second-order valence-corrected chi connectivity index (χ2v) is 7.11. The number of hydrogen-bond donors (Lipinski definition) is 1. The van der Waals surface area contributed by atoms with Crippen LogP contribution in [-0.4, -0.2) is 28.1 Å². The Bertz CT molecular complexity index is 962. The van der Waals surface area contributed by atoms with Crippen molar-refractivity contribution in [3.63, 3.8) is 0 Å². The van der Waals surface area contributed by atoms with E-state index in [2.05, 4.69) is 11.4 Å². The summed E-state index contributed by atoms with van der Waals surface area (Å²) in [5, 5.41) is 12.2. The van der Waals surface area contributed by atoms with Gasteiger partial charge < -0.3 is 14.5 Å². The fraction of sp³-hybridized carbons (Fsp3) is 0.500. The Balaban J connectivity index is 1.55. The van der Waals surface area contributed by atoms with Gasteiger partial charge in [-0.05, 0) is 31.9 Å². The van der Waals surface area contributed by atoms with Crippen molar-refractivity contribution in [2.24, 2.45) is 0 Å². The Hall–Kier alpha value is -3.08. The Kier molecular flexibility index (Phi) is 5.83. The minimum absolute atomic E-state index is 0.0789. The molecule has 1 amide bonds. The average Bonchev–Trinajstić information content (AvgIpc) is 3.02. The maximum absolute atomic E-state index is 12.4. The zero-order valence-corrected chi connectivity index (χ0v) is 15.8. The molecule has 0 bridgehead atoms. The lowest BCUT2D eigenvalue weighted by Gasteiger charge is -2.32. The van der Waals surface area contributed by atoms with Gasteiger partial charge in [-0.1, -0.05) is 31.4 Å². The van der Waals surface area contributed by atoms with Crippen LogP contribution in [0.15, 0.2) is 33.5 Å². The molecule has 0 saturated heterocycles. The van der Waals surface area contributed by atoms with Crippen molar-refractivity contribution in [1.29, 1.82) is 5.26 Å². The molecule has 148 valence electrons. The van der Waals surface area contributed by atoms with Crippen molar-refractivity contribution < 1.29 is 18.7 Å². The molecule has 0 aliphatic heterocycles. The van der Waals surface area contributed by atoms with Crippen molar-refractivity contribution in [3.05, 3.63) is 34.8 Å². The summed E-state index contributed by atoms with van der Waals surface area (Å²) in [5.74, 6) is -1.63. The number of fused-ring (bicyclic) bond motifs is 1. The summed E-state index contributed by atoms with van der Waals surface area (Å²) in [7, 11) is 0. The van der Waals surface area contributed by atoms with Gasteiger partial charge in [0.25, 0.3) is 5.91 Å². The smallest absolute Gasteiger partial charge is 0.419 e. The first kappa shape index (κ1) is 19.7. The first-order chi connectivity index (χ1) is 13.4. The minimum Gasteiger partial charge on any atom is -0.452 e. The Morgan fingerprint density at radius 3 is 2.75 bits per heavy atom. The number of carbonyl (C=O) groups is 2. The molecule has 1 atom stereocenters. The number of esters is 1. The number of amides is 1. The van der Waals surface area contributed by atoms with Crippen molar-refractivity contribution in [2.45, 2.75) is 63.6 Å². The molecular formula is C20H23N3O5. The highest BCUT2D eigenvalue weighted by molar-refractivity contribution is 5.84. The molecule has 1 heterocycles. The minimum atomic E-state index is -1.02. The van der Waals surface area contributed by atoms with E-state index < -0.39 is 29.3 Å². The number of nitrogens with zero attached hydrogens (tertiary/aromatic N) is 2. The van der Waals surface area contributed by atoms with Gasteiger partial charge in [0.1, 0.15) is 5.54 Å². The number of rotatable bonds is 6. The summed E-state index contributed by atoms with van der Waals surface area (Å²) in [6.07, 6.45) is 2.93. The molecule has 1 N–H and O–H groups in total. The molecule has 1 aromatic carbocycles. The number of ether oxygens (including phenoxy) is 1. The molecule has 1 aromatic heterocycles. The zero-order chi connectivity index (χ0) is 20.1. The van der Waals surface area contributed by atoms with Crippen LogP contribution < -0.4 is 11.1 Å². The van der Waals surface area contributed by atoms with Gasteiger partial charge in [0.2, 0.25) is 0 Å². The number of aromatic nitrogens is 1. The van der Waals surface area contributed by atoms with Crippen LogP contribution in [0.25, 0.3) is 11.1 Å². The van der Waals surface area contributed by atoms with Gasteiger partial charge in [-0.15, -0.1) is 0 Å². The summed E-state index contributed by atoms with van der Waals surface area (Å²) in [5.41, 5.74) is 0.168.